The van der Waals surface area contributed by atoms with Crippen molar-refractivity contribution >= 4 is 11.9 Å². The zero-order chi connectivity index (χ0) is 17.4. The number of methoxy groups -OCH3 is 2. The minimum atomic E-state index is -1.39. The summed E-state index contributed by atoms with van der Waals surface area (Å²) >= 11 is 0. The number of ether oxygens (including phenoxy) is 2. The van der Waals surface area contributed by atoms with Gasteiger partial charge in [0, 0.05) is 12.1 Å². The molecule has 0 saturated carbocycles. The molecule has 0 aliphatic rings. The zero-order valence-corrected chi connectivity index (χ0v) is 12.9. The van der Waals surface area contributed by atoms with Gasteiger partial charge in [0.05, 0.1) is 14.2 Å². The summed E-state index contributed by atoms with van der Waals surface area (Å²) in [6, 6.07) is 12.5. The summed E-state index contributed by atoms with van der Waals surface area (Å²) in [4.78, 5) is 41.0. The second kappa shape index (κ2) is 8.28. The summed E-state index contributed by atoms with van der Waals surface area (Å²) < 4.78 is 9.95. The molecule has 0 fully saturated rings. The van der Waals surface area contributed by atoms with Crippen LogP contribution < -0.4 is 19.2 Å². The molecule has 0 atom stereocenters. The molecule has 0 spiro atoms. The fourth-order valence-electron chi connectivity index (χ4n) is 1.55. The SMILES string of the molecule is COc1cccc(OOC(=O)C(=O)OOc2cccc(OC)c2)c1. The Bertz CT molecular complexity index is 651. The second-order valence-corrected chi connectivity index (χ2v) is 4.27. The van der Waals surface area contributed by atoms with Crippen molar-refractivity contribution in [1.82, 2.24) is 0 Å². The Labute approximate surface area is 137 Å². The van der Waals surface area contributed by atoms with Crippen LogP contribution in [0.2, 0.25) is 0 Å². The average molecular weight is 334 g/mol. The Morgan fingerprint density at radius 1 is 0.667 bits per heavy atom. The molecule has 0 aromatic heterocycles. The molecule has 8 heteroatoms. The van der Waals surface area contributed by atoms with E-state index in [1.165, 1.54) is 38.5 Å². The van der Waals surface area contributed by atoms with Gasteiger partial charge in [0.25, 0.3) is 0 Å². The lowest BCUT2D eigenvalue weighted by molar-refractivity contribution is -0.241. The van der Waals surface area contributed by atoms with Crippen molar-refractivity contribution in [2.45, 2.75) is 0 Å². The van der Waals surface area contributed by atoms with Gasteiger partial charge in [0.2, 0.25) is 0 Å². The summed E-state index contributed by atoms with van der Waals surface area (Å²) in [7, 11) is 2.94. The normalized spacial score (nSPS) is 9.58. The van der Waals surface area contributed by atoms with Crippen LogP contribution in [0.25, 0.3) is 0 Å². The summed E-state index contributed by atoms with van der Waals surface area (Å²) in [5, 5.41) is 0. The van der Waals surface area contributed by atoms with Crippen molar-refractivity contribution in [1.29, 1.82) is 0 Å². The lowest BCUT2D eigenvalue weighted by Gasteiger charge is -2.06. The van der Waals surface area contributed by atoms with E-state index in [0.29, 0.717) is 11.5 Å². The first-order valence-electron chi connectivity index (χ1n) is 6.68. The Morgan fingerprint density at radius 2 is 1.04 bits per heavy atom. The maximum atomic E-state index is 11.5. The van der Waals surface area contributed by atoms with Gasteiger partial charge in [0.1, 0.15) is 11.5 Å². The summed E-state index contributed by atoms with van der Waals surface area (Å²) in [5.74, 6) is -1.45. The number of carbonyl (C=O) groups excluding carboxylic acids is 2. The van der Waals surface area contributed by atoms with E-state index in [0.717, 1.165) is 0 Å². The summed E-state index contributed by atoms with van der Waals surface area (Å²) in [5.41, 5.74) is 0. The van der Waals surface area contributed by atoms with Crippen molar-refractivity contribution in [3.05, 3.63) is 48.5 Å². The van der Waals surface area contributed by atoms with E-state index < -0.39 is 11.9 Å². The number of hydrogen-bond acceptors (Lipinski definition) is 8. The maximum Gasteiger partial charge on any atom is 0.467 e. The first kappa shape index (κ1) is 16.9. The van der Waals surface area contributed by atoms with E-state index in [9.17, 15) is 9.59 Å². The van der Waals surface area contributed by atoms with Gasteiger partial charge >= 0.3 is 11.9 Å². The molecular formula is C16H14O8. The van der Waals surface area contributed by atoms with E-state index in [1.807, 2.05) is 0 Å². The lowest BCUT2D eigenvalue weighted by Crippen LogP contribution is -2.23. The Morgan fingerprint density at radius 3 is 1.42 bits per heavy atom. The lowest BCUT2D eigenvalue weighted by atomic mass is 10.3. The monoisotopic (exact) mass is 334 g/mol. The molecule has 0 saturated heterocycles. The first-order valence-corrected chi connectivity index (χ1v) is 6.68. The number of carbonyl (C=O) groups is 2. The molecule has 0 amide bonds. The van der Waals surface area contributed by atoms with Gasteiger partial charge < -0.3 is 9.47 Å². The molecule has 0 radical (unpaired) electrons. The molecule has 0 aliphatic carbocycles. The van der Waals surface area contributed by atoms with Crippen LogP contribution >= 0.6 is 0 Å². The van der Waals surface area contributed by atoms with Gasteiger partial charge in [0.15, 0.2) is 11.5 Å². The van der Waals surface area contributed by atoms with Crippen molar-refractivity contribution in [2.75, 3.05) is 14.2 Å². The van der Waals surface area contributed by atoms with Crippen LogP contribution in [0.5, 0.6) is 23.0 Å². The number of benzene rings is 2. The molecule has 2 aromatic rings. The van der Waals surface area contributed by atoms with E-state index in [4.69, 9.17) is 19.2 Å². The molecule has 126 valence electrons. The summed E-state index contributed by atoms with van der Waals surface area (Å²) in [6.45, 7) is 0. The van der Waals surface area contributed by atoms with Crippen molar-refractivity contribution in [3.63, 3.8) is 0 Å². The van der Waals surface area contributed by atoms with Crippen LogP contribution in [0.4, 0.5) is 0 Å². The van der Waals surface area contributed by atoms with Crippen LogP contribution in [-0.4, -0.2) is 26.2 Å². The molecule has 0 unspecified atom stereocenters. The van der Waals surface area contributed by atoms with Crippen LogP contribution in [0, 0.1) is 0 Å². The Balaban J connectivity index is 1.82. The third-order valence-corrected chi connectivity index (χ3v) is 2.68. The molecule has 8 nitrogen and oxygen atoms in total. The Kier molecular flexibility index (Phi) is 5.84. The number of rotatable bonds is 6. The third-order valence-electron chi connectivity index (χ3n) is 2.68. The van der Waals surface area contributed by atoms with E-state index >= 15 is 0 Å². The quantitative estimate of drug-likeness (QED) is 0.451. The molecular weight excluding hydrogens is 320 g/mol. The summed E-state index contributed by atoms with van der Waals surface area (Å²) in [6.07, 6.45) is 0. The average Bonchev–Trinajstić information content (AvgIpc) is 2.64. The molecule has 0 aliphatic heterocycles. The Hall–Kier alpha value is -3.42. The van der Waals surface area contributed by atoms with E-state index in [2.05, 4.69) is 9.78 Å². The minimum Gasteiger partial charge on any atom is -0.497 e. The second-order valence-electron chi connectivity index (χ2n) is 4.27. The zero-order valence-electron chi connectivity index (χ0n) is 12.9. The predicted octanol–water partition coefficient (Wildman–Crippen LogP) is 2.08. The van der Waals surface area contributed by atoms with Crippen LogP contribution in [0.15, 0.2) is 48.5 Å². The van der Waals surface area contributed by atoms with Gasteiger partial charge in [-0.15, -0.1) is 0 Å². The van der Waals surface area contributed by atoms with Crippen molar-refractivity contribution in [2.24, 2.45) is 0 Å². The fraction of sp³-hybridized carbons (Fsp3) is 0.125. The maximum absolute atomic E-state index is 11.5. The van der Waals surface area contributed by atoms with Gasteiger partial charge in [-0.3, -0.25) is 9.78 Å². The topological polar surface area (TPSA) is 89.5 Å². The highest BCUT2D eigenvalue weighted by molar-refractivity contribution is 6.29. The predicted molar refractivity (Wildman–Crippen MR) is 79.4 cm³/mol. The third kappa shape index (κ3) is 4.80. The van der Waals surface area contributed by atoms with Crippen molar-refractivity contribution < 1.29 is 38.6 Å². The first-order chi connectivity index (χ1) is 11.6. The van der Waals surface area contributed by atoms with E-state index in [1.54, 1.807) is 24.3 Å². The molecule has 2 rings (SSSR count). The van der Waals surface area contributed by atoms with Gasteiger partial charge in [-0.1, -0.05) is 12.1 Å². The van der Waals surface area contributed by atoms with Gasteiger partial charge in [-0.05, 0) is 24.3 Å². The van der Waals surface area contributed by atoms with Crippen LogP contribution in [0.3, 0.4) is 0 Å². The largest absolute Gasteiger partial charge is 0.497 e. The van der Waals surface area contributed by atoms with Gasteiger partial charge in [-0.25, -0.2) is 19.4 Å². The molecule has 0 bridgehead atoms. The minimum absolute atomic E-state index is 0.171. The molecule has 0 heterocycles. The number of hydrogen-bond donors (Lipinski definition) is 0. The molecule has 2 aromatic carbocycles. The highest BCUT2D eigenvalue weighted by Crippen LogP contribution is 2.20. The highest BCUT2D eigenvalue weighted by Gasteiger charge is 2.22. The standard InChI is InChI=1S/C16H14O8/c1-19-11-5-3-7-13(9-11)21-23-15(17)16(18)24-22-14-8-4-6-12(10-14)20-2/h3-10H,1-2H3. The van der Waals surface area contributed by atoms with Crippen LogP contribution in [0.1, 0.15) is 0 Å². The highest BCUT2D eigenvalue weighted by atomic mass is 17.2. The van der Waals surface area contributed by atoms with E-state index in [-0.39, 0.29) is 11.5 Å². The fourth-order valence-corrected chi connectivity index (χ4v) is 1.55. The smallest absolute Gasteiger partial charge is 0.467 e. The molecule has 0 N–H and O–H groups in total. The van der Waals surface area contributed by atoms with Gasteiger partial charge in [-0.2, -0.15) is 0 Å². The van der Waals surface area contributed by atoms with Crippen LogP contribution in [-0.2, 0) is 19.4 Å². The van der Waals surface area contributed by atoms with Crippen molar-refractivity contribution in [3.8, 4) is 23.0 Å². The molecule has 24 heavy (non-hydrogen) atoms.